The third-order valence-electron chi connectivity index (χ3n) is 2.85. The van der Waals surface area contributed by atoms with Gasteiger partial charge >= 0.3 is 0 Å². The number of hydrogen-bond donors (Lipinski definition) is 1. The standard InChI is InChI=1S/C12H12FN3O/c13-9-7-10(14)8-3-1-4-15-11(8)12(9)16-5-2-6-17-16/h1,3-4,7H,2,5-6,14H2. The Kier molecular flexibility index (Phi) is 2.33. The fraction of sp³-hybridized carbons (Fsp3) is 0.250. The van der Waals surface area contributed by atoms with Crippen molar-refractivity contribution in [2.45, 2.75) is 6.42 Å². The summed E-state index contributed by atoms with van der Waals surface area (Å²) in [5.74, 6) is -0.393. The molecule has 2 aromatic rings. The molecular formula is C12H12FN3O. The summed E-state index contributed by atoms with van der Waals surface area (Å²) in [7, 11) is 0. The van der Waals surface area contributed by atoms with Crippen LogP contribution in [0.2, 0.25) is 0 Å². The van der Waals surface area contributed by atoms with Gasteiger partial charge in [0.05, 0.1) is 6.61 Å². The fourth-order valence-electron chi connectivity index (χ4n) is 2.08. The highest BCUT2D eigenvalue weighted by Crippen LogP contribution is 2.33. The van der Waals surface area contributed by atoms with Crippen LogP contribution in [0.15, 0.2) is 24.4 Å². The number of hydrogen-bond acceptors (Lipinski definition) is 4. The summed E-state index contributed by atoms with van der Waals surface area (Å²) in [6, 6.07) is 4.93. The first-order chi connectivity index (χ1) is 8.27. The molecule has 3 rings (SSSR count). The van der Waals surface area contributed by atoms with E-state index in [1.165, 1.54) is 6.07 Å². The van der Waals surface area contributed by atoms with Gasteiger partial charge in [-0.15, -0.1) is 0 Å². The highest BCUT2D eigenvalue weighted by molar-refractivity contribution is 5.98. The molecule has 0 unspecified atom stereocenters. The van der Waals surface area contributed by atoms with Crippen molar-refractivity contribution in [1.82, 2.24) is 4.98 Å². The molecule has 17 heavy (non-hydrogen) atoms. The number of pyridine rings is 1. The molecule has 0 radical (unpaired) electrons. The van der Waals surface area contributed by atoms with Crippen LogP contribution < -0.4 is 10.8 Å². The number of halogens is 1. The normalized spacial score (nSPS) is 15.7. The van der Waals surface area contributed by atoms with E-state index < -0.39 is 5.82 Å². The van der Waals surface area contributed by atoms with E-state index >= 15 is 0 Å². The van der Waals surface area contributed by atoms with Gasteiger partial charge in [-0.1, -0.05) is 0 Å². The lowest BCUT2D eigenvalue weighted by Crippen LogP contribution is -2.18. The summed E-state index contributed by atoms with van der Waals surface area (Å²) in [5.41, 5.74) is 7.11. The van der Waals surface area contributed by atoms with Crippen LogP contribution in [0.4, 0.5) is 15.8 Å². The number of nitrogen functional groups attached to an aromatic ring is 1. The minimum atomic E-state index is -0.393. The van der Waals surface area contributed by atoms with Crippen LogP contribution in [-0.2, 0) is 4.84 Å². The number of hydroxylamine groups is 1. The maximum Gasteiger partial charge on any atom is 0.153 e. The lowest BCUT2D eigenvalue weighted by molar-refractivity contribution is 0.167. The average molecular weight is 233 g/mol. The minimum absolute atomic E-state index is 0.382. The maximum atomic E-state index is 14.0. The summed E-state index contributed by atoms with van der Waals surface area (Å²) in [4.78, 5) is 9.59. The highest BCUT2D eigenvalue weighted by Gasteiger charge is 2.21. The second kappa shape index (κ2) is 3.85. The molecule has 1 aromatic carbocycles. The largest absolute Gasteiger partial charge is 0.398 e. The Morgan fingerprint density at radius 2 is 2.35 bits per heavy atom. The molecule has 0 bridgehead atoms. The summed E-state index contributed by atoms with van der Waals surface area (Å²) in [6.45, 7) is 1.28. The van der Waals surface area contributed by atoms with Crippen molar-refractivity contribution in [2.75, 3.05) is 23.9 Å². The Morgan fingerprint density at radius 1 is 1.47 bits per heavy atom. The molecule has 5 heteroatoms. The van der Waals surface area contributed by atoms with E-state index in [0.29, 0.717) is 30.0 Å². The quantitative estimate of drug-likeness (QED) is 0.766. The number of rotatable bonds is 1. The average Bonchev–Trinajstić information content (AvgIpc) is 2.83. The number of anilines is 2. The van der Waals surface area contributed by atoms with Gasteiger partial charge in [0.25, 0.3) is 0 Å². The fourth-order valence-corrected chi connectivity index (χ4v) is 2.08. The zero-order valence-electron chi connectivity index (χ0n) is 9.19. The Bertz CT molecular complexity index is 567. The van der Waals surface area contributed by atoms with Crippen molar-refractivity contribution in [3.8, 4) is 0 Å². The van der Waals surface area contributed by atoms with Gasteiger partial charge in [-0.2, -0.15) is 0 Å². The van der Waals surface area contributed by atoms with E-state index in [-0.39, 0.29) is 0 Å². The SMILES string of the molecule is Nc1cc(F)c(N2CCCO2)c2ncccc12. The molecule has 0 spiro atoms. The predicted molar refractivity (Wildman–Crippen MR) is 64.0 cm³/mol. The topological polar surface area (TPSA) is 51.4 Å². The van der Waals surface area contributed by atoms with Crippen LogP contribution in [0.3, 0.4) is 0 Å². The van der Waals surface area contributed by atoms with Crippen molar-refractivity contribution >= 4 is 22.3 Å². The van der Waals surface area contributed by atoms with E-state index in [0.717, 1.165) is 11.8 Å². The molecule has 1 aliphatic rings. The highest BCUT2D eigenvalue weighted by atomic mass is 19.1. The van der Waals surface area contributed by atoms with E-state index in [9.17, 15) is 4.39 Å². The second-order valence-corrected chi connectivity index (χ2v) is 3.98. The van der Waals surface area contributed by atoms with Crippen molar-refractivity contribution in [3.63, 3.8) is 0 Å². The molecule has 4 nitrogen and oxygen atoms in total. The number of nitrogens with zero attached hydrogens (tertiary/aromatic N) is 2. The molecule has 0 amide bonds. The Balaban J connectivity index is 2.28. The molecule has 88 valence electrons. The number of nitrogens with two attached hydrogens (primary N) is 1. The second-order valence-electron chi connectivity index (χ2n) is 3.98. The summed E-state index contributed by atoms with van der Waals surface area (Å²) in [5, 5.41) is 2.31. The molecule has 1 aliphatic heterocycles. The maximum absolute atomic E-state index is 14.0. The van der Waals surface area contributed by atoms with E-state index in [4.69, 9.17) is 10.6 Å². The van der Waals surface area contributed by atoms with Gasteiger partial charge in [0.1, 0.15) is 11.2 Å². The lowest BCUT2D eigenvalue weighted by Gasteiger charge is -2.19. The van der Waals surface area contributed by atoms with Gasteiger partial charge < -0.3 is 5.73 Å². The van der Waals surface area contributed by atoms with E-state index in [1.54, 1.807) is 17.3 Å². The van der Waals surface area contributed by atoms with Crippen LogP contribution in [0.5, 0.6) is 0 Å². The molecule has 2 heterocycles. The number of aromatic nitrogens is 1. The van der Waals surface area contributed by atoms with Gasteiger partial charge in [-0.05, 0) is 24.6 Å². The van der Waals surface area contributed by atoms with E-state index in [1.807, 2.05) is 6.07 Å². The first-order valence-electron chi connectivity index (χ1n) is 5.50. The molecule has 2 N–H and O–H groups in total. The Morgan fingerprint density at radius 3 is 3.12 bits per heavy atom. The smallest absolute Gasteiger partial charge is 0.153 e. The van der Waals surface area contributed by atoms with Gasteiger partial charge in [0.2, 0.25) is 0 Å². The predicted octanol–water partition coefficient (Wildman–Crippen LogP) is 2.10. The zero-order chi connectivity index (χ0) is 11.8. The summed E-state index contributed by atoms with van der Waals surface area (Å²) in [6.07, 6.45) is 2.51. The van der Waals surface area contributed by atoms with Crippen molar-refractivity contribution in [1.29, 1.82) is 0 Å². The lowest BCUT2D eigenvalue weighted by atomic mass is 10.1. The third kappa shape index (κ3) is 1.59. The van der Waals surface area contributed by atoms with Gasteiger partial charge in [0, 0.05) is 23.8 Å². The van der Waals surface area contributed by atoms with Gasteiger partial charge in [-0.3, -0.25) is 9.82 Å². The van der Waals surface area contributed by atoms with Crippen LogP contribution in [0.25, 0.3) is 10.9 Å². The van der Waals surface area contributed by atoms with Gasteiger partial charge in [-0.25, -0.2) is 9.45 Å². The van der Waals surface area contributed by atoms with Crippen LogP contribution in [0.1, 0.15) is 6.42 Å². The number of fused-ring (bicyclic) bond motifs is 1. The number of benzene rings is 1. The third-order valence-corrected chi connectivity index (χ3v) is 2.85. The van der Waals surface area contributed by atoms with E-state index in [2.05, 4.69) is 4.98 Å². The Labute approximate surface area is 97.8 Å². The van der Waals surface area contributed by atoms with Crippen LogP contribution in [0, 0.1) is 5.82 Å². The molecular weight excluding hydrogens is 221 g/mol. The zero-order valence-corrected chi connectivity index (χ0v) is 9.19. The van der Waals surface area contributed by atoms with Crippen molar-refractivity contribution < 1.29 is 9.23 Å². The molecule has 1 saturated heterocycles. The minimum Gasteiger partial charge on any atom is -0.398 e. The first kappa shape index (κ1) is 10.3. The Hall–Kier alpha value is -1.88. The monoisotopic (exact) mass is 233 g/mol. The summed E-state index contributed by atoms with van der Waals surface area (Å²) >= 11 is 0. The molecule has 0 atom stereocenters. The molecule has 0 aliphatic carbocycles. The van der Waals surface area contributed by atoms with Crippen molar-refractivity contribution in [3.05, 3.63) is 30.2 Å². The van der Waals surface area contributed by atoms with Crippen molar-refractivity contribution in [2.24, 2.45) is 0 Å². The van der Waals surface area contributed by atoms with Crippen LogP contribution >= 0.6 is 0 Å². The first-order valence-corrected chi connectivity index (χ1v) is 5.50. The van der Waals surface area contributed by atoms with Gasteiger partial charge in [0.15, 0.2) is 5.82 Å². The summed E-state index contributed by atoms with van der Waals surface area (Å²) < 4.78 is 14.0. The molecule has 1 fully saturated rings. The molecule has 0 saturated carbocycles. The molecule has 1 aromatic heterocycles. The van der Waals surface area contributed by atoms with Crippen LogP contribution in [-0.4, -0.2) is 18.1 Å².